The lowest BCUT2D eigenvalue weighted by atomic mass is 10.2. The standard InChI is InChI=1S/C16H13ClFN5O/c1-23-9-19-15(22-23)16(24)21-13-7-2-10(17)8-14(13)20-12-5-3-11(18)4-6-12/h2-9,20H,1H3,(H,21,24). The Bertz CT molecular complexity index is 878. The molecule has 1 amide bonds. The summed E-state index contributed by atoms with van der Waals surface area (Å²) in [7, 11) is 1.67. The maximum absolute atomic E-state index is 13.0. The molecule has 8 heteroatoms. The molecule has 0 atom stereocenters. The topological polar surface area (TPSA) is 71.8 Å². The van der Waals surface area contributed by atoms with E-state index in [2.05, 4.69) is 20.7 Å². The van der Waals surface area contributed by atoms with Crippen molar-refractivity contribution in [2.45, 2.75) is 0 Å². The van der Waals surface area contributed by atoms with E-state index in [4.69, 9.17) is 11.6 Å². The summed E-state index contributed by atoms with van der Waals surface area (Å²) in [6, 6.07) is 10.8. The van der Waals surface area contributed by atoms with E-state index in [-0.39, 0.29) is 11.6 Å². The van der Waals surface area contributed by atoms with Gasteiger partial charge in [0.1, 0.15) is 12.1 Å². The minimum Gasteiger partial charge on any atom is -0.354 e. The van der Waals surface area contributed by atoms with Crippen molar-refractivity contribution in [3.63, 3.8) is 0 Å². The van der Waals surface area contributed by atoms with Gasteiger partial charge >= 0.3 is 0 Å². The van der Waals surface area contributed by atoms with Crippen molar-refractivity contribution >= 4 is 34.6 Å². The van der Waals surface area contributed by atoms with Gasteiger partial charge in [-0.25, -0.2) is 9.37 Å². The number of rotatable bonds is 4. The molecular formula is C16H13ClFN5O. The van der Waals surface area contributed by atoms with Crippen LogP contribution in [-0.4, -0.2) is 20.7 Å². The van der Waals surface area contributed by atoms with Gasteiger partial charge in [-0.15, -0.1) is 5.10 Å². The molecule has 0 spiro atoms. The van der Waals surface area contributed by atoms with E-state index in [0.29, 0.717) is 22.1 Å². The summed E-state index contributed by atoms with van der Waals surface area (Å²) >= 11 is 6.02. The number of nitrogens with zero attached hydrogens (tertiary/aromatic N) is 3. The molecule has 2 N–H and O–H groups in total. The molecule has 3 aromatic rings. The van der Waals surface area contributed by atoms with Crippen molar-refractivity contribution in [3.05, 3.63) is 65.5 Å². The maximum atomic E-state index is 13.0. The molecule has 0 unspecified atom stereocenters. The Morgan fingerprint density at radius 3 is 2.58 bits per heavy atom. The number of aromatic nitrogens is 3. The molecule has 0 bridgehead atoms. The van der Waals surface area contributed by atoms with Gasteiger partial charge in [-0.2, -0.15) is 0 Å². The fourth-order valence-corrected chi connectivity index (χ4v) is 2.21. The van der Waals surface area contributed by atoms with Crippen LogP contribution >= 0.6 is 11.6 Å². The van der Waals surface area contributed by atoms with E-state index >= 15 is 0 Å². The van der Waals surface area contributed by atoms with Crippen molar-refractivity contribution in [1.82, 2.24) is 14.8 Å². The van der Waals surface area contributed by atoms with E-state index in [1.54, 1.807) is 37.4 Å². The second kappa shape index (κ2) is 6.67. The number of carbonyl (C=O) groups is 1. The van der Waals surface area contributed by atoms with Crippen molar-refractivity contribution in [3.8, 4) is 0 Å². The van der Waals surface area contributed by atoms with E-state index in [0.717, 1.165) is 0 Å². The molecule has 1 heterocycles. The van der Waals surface area contributed by atoms with Crippen molar-refractivity contribution in [1.29, 1.82) is 0 Å². The Labute approximate surface area is 142 Å². The van der Waals surface area contributed by atoms with Gasteiger partial charge in [0.25, 0.3) is 5.91 Å². The van der Waals surface area contributed by atoms with Crippen molar-refractivity contribution in [2.75, 3.05) is 10.6 Å². The molecule has 0 radical (unpaired) electrons. The predicted octanol–water partition coefficient (Wildman–Crippen LogP) is 3.60. The molecule has 24 heavy (non-hydrogen) atoms. The first-order chi connectivity index (χ1) is 11.5. The van der Waals surface area contributed by atoms with Gasteiger partial charge in [-0.05, 0) is 42.5 Å². The number of carbonyl (C=O) groups excluding carboxylic acids is 1. The molecule has 6 nitrogen and oxygen atoms in total. The fourth-order valence-electron chi connectivity index (χ4n) is 2.04. The third-order valence-corrected chi connectivity index (χ3v) is 3.39. The minimum atomic E-state index is -0.444. The highest BCUT2D eigenvalue weighted by Gasteiger charge is 2.13. The highest BCUT2D eigenvalue weighted by atomic mass is 35.5. The Morgan fingerprint density at radius 1 is 1.17 bits per heavy atom. The first-order valence-corrected chi connectivity index (χ1v) is 7.38. The van der Waals surface area contributed by atoms with Crippen LogP contribution in [0.3, 0.4) is 0 Å². The molecule has 0 fully saturated rings. The Morgan fingerprint density at radius 2 is 1.92 bits per heavy atom. The number of halogens is 2. The number of nitrogens with one attached hydrogen (secondary N) is 2. The number of aryl methyl sites for hydroxylation is 1. The summed E-state index contributed by atoms with van der Waals surface area (Å²) < 4.78 is 14.4. The molecule has 122 valence electrons. The lowest BCUT2D eigenvalue weighted by Crippen LogP contribution is -2.15. The third kappa shape index (κ3) is 3.69. The highest BCUT2D eigenvalue weighted by Crippen LogP contribution is 2.29. The van der Waals surface area contributed by atoms with Gasteiger partial charge in [0.05, 0.1) is 11.4 Å². The van der Waals surface area contributed by atoms with Gasteiger partial charge in [0.15, 0.2) is 0 Å². The van der Waals surface area contributed by atoms with Crippen LogP contribution in [0.4, 0.5) is 21.5 Å². The first-order valence-electron chi connectivity index (χ1n) is 7.00. The minimum absolute atomic E-state index is 0.0557. The monoisotopic (exact) mass is 345 g/mol. The molecule has 0 aliphatic carbocycles. The normalized spacial score (nSPS) is 10.5. The van der Waals surface area contributed by atoms with Crippen molar-refractivity contribution < 1.29 is 9.18 Å². The Balaban J connectivity index is 1.85. The zero-order valence-corrected chi connectivity index (χ0v) is 13.4. The average molecular weight is 346 g/mol. The van der Waals surface area contributed by atoms with Gasteiger partial charge in [0.2, 0.25) is 5.82 Å². The van der Waals surface area contributed by atoms with Crippen molar-refractivity contribution in [2.24, 2.45) is 7.05 Å². The quantitative estimate of drug-likeness (QED) is 0.757. The first kappa shape index (κ1) is 15.9. The zero-order valence-electron chi connectivity index (χ0n) is 12.6. The number of amides is 1. The van der Waals surface area contributed by atoms with Crippen LogP contribution in [0.15, 0.2) is 48.8 Å². The molecule has 2 aromatic carbocycles. The molecule has 0 aliphatic rings. The fraction of sp³-hybridized carbons (Fsp3) is 0.0625. The maximum Gasteiger partial charge on any atom is 0.295 e. The third-order valence-electron chi connectivity index (χ3n) is 3.16. The summed E-state index contributed by atoms with van der Waals surface area (Å²) in [5.74, 6) is -0.721. The second-order valence-electron chi connectivity index (χ2n) is 5.02. The van der Waals surface area contributed by atoms with Crippen LogP contribution < -0.4 is 10.6 Å². The average Bonchev–Trinajstić information content (AvgIpc) is 2.99. The molecule has 0 saturated heterocycles. The Kier molecular flexibility index (Phi) is 4.43. The number of anilines is 3. The largest absolute Gasteiger partial charge is 0.354 e. The summed E-state index contributed by atoms with van der Waals surface area (Å²) in [5, 5.41) is 10.3. The number of hydrogen-bond donors (Lipinski definition) is 2. The van der Waals surface area contributed by atoms with Crippen LogP contribution in [0.2, 0.25) is 5.02 Å². The molecule has 0 aliphatic heterocycles. The van der Waals surface area contributed by atoms with Crippen LogP contribution in [0.1, 0.15) is 10.6 Å². The number of benzene rings is 2. The van der Waals surface area contributed by atoms with Gasteiger partial charge in [-0.1, -0.05) is 11.6 Å². The summed E-state index contributed by atoms with van der Waals surface area (Å²) in [6.07, 6.45) is 1.44. The Hall–Kier alpha value is -2.93. The second-order valence-corrected chi connectivity index (χ2v) is 5.45. The zero-order chi connectivity index (χ0) is 17.1. The molecule has 3 rings (SSSR count). The van der Waals surface area contributed by atoms with Crippen LogP contribution in [-0.2, 0) is 7.05 Å². The molecule has 0 saturated carbocycles. The molecular weight excluding hydrogens is 333 g/mol. The lowest BCUT2D eigenvalue weighted by molar-refractivity contribution is 0.101. The van der Waals surface area contributed by atoms with E-state index in [1.165, 1.54) is 23.1 Å². The van der Waals surface area contributed by atoms with Gasteiger partial charge in [0, 0.05) is 17.8 Å². The van der Waals surface area contributed by atoms with Crippen LogP contribution in [0.5, 0.6) is 0 Å². The summed E-state index contributed by atoms with van der Waals surface area (Å²) in [6.45, 7) is 0. The van der Waals surface area contributed by atoms with E-state index in [1.807, 2.05) is 0 Å². The predicted molar refractivity (Wildman–Crippen MR) is 90.1 cm³/mol. The summed E-state index contributed by atoms with van der Waals surface area (Å²) in [5.41, 5.74) is 1.73. The lowest BCUT2D eigenvalue weighted by Gasteiger charge is -2.13. The van der Waals surface area contributed by atoms with E-state index in [9.17, 15) is 9.18 Å². The smallest absolute Gasteiger partial charge is 0.295 e. The van der Waals surface area contributed by atoms with Crippen LogP contribution in [0.25, 0.3) is 0 Å². The summed E-state index contributed by atoms with van der Waals surface area (Å²) in [4.78, 5) is 16.1. The molecule has 1 aromatic heterocycles. The van der Waals surface area contributed by atoms with Gasteiger partial charge in [-0.3, -0.25) is 9.48 Å². The van der Waals surface area contributed by atoms with Gasteiger partial charge < -0.3 is 10.6 Å². The number of hydrogen-bond acceptors (Lipinski definition) is 4. The highest BCUT2D eigenvalue weighted by molar-refractivity contribution is 6.31. The van der Waals surface area contributed by atoms with Crippen LogP contribution in [0, 0.1) is 5.82 Å². The SMILES string of the molecule is Cn1cnc(C(=O)Nc2ccc(Cl)cc2Nc2ccc(F)cc2)n1. The van der Waals surface area contributed by atoms with E-state index < -0.39 is 5.91 Å².